The zero-order chi connectivity index (χ0) is 17.8. The summed E-state index contributed by atoms with van der Waals surface area (Å²) in [5.74, 6) is 2.35. The number of aryl methyl sites for hydroxylation is 1. The molecule has 130 valence electrons. The van der Waals surface area contributed by atoms with E-state index in [1.165, 1.54) is 5.56 Å². The summed E-state index contributed by atoms with van der Waals surface area (Å²) in [7, 11) is 2.03. The molecule has 0 saturated heterocycles. The highest BCUT2D eigenvalue weighted by Gasteiger charge is 2.05. The number of halogens is 1. The maximum atomic E-state index is 5.92. The number of furan rings is 1. The van der Waals surface area contributed by atoms with Gasteiger partial charge in [0.2, 0.25) is 4.77 Å². The van der Waals surface area contributed by atoms with E-state index in [9.17, 15) is 0 Å². The van der Waals surface area contributed by atoms with E-state index in [2.05, 4.69) is 15.0 Å². The van der Waals surface area contributed by atoms with Crippen molar-refractivity contribution in [3.05, 3.63) is 69.1 Å². The van der Waals surface area contributed by atoms with Crippen LogP contribution in [0.1, 0.15) is 22.9 Å². The molecular formula is C18H19ClN4OS. The maximum Gasteiger partial charge on any atom is 0.217 e. The van der Waals surface area contributed by atoms with Crippen LogP contribution in [0.3, 0.4) is 0 Å². The lowest BCUT2D eigenvalue weighted by Crippen LogP contribution is -2.22. The van der Waals surface area contributed by atoms with Crippen molar-refractivity contribution in [1.82, 2.24) is 19.7 Å². The molecule has 0 saturated carbocycles. The number of nitrogens with zero attached hydrogens (tertiary/aromatic N) is 3. The minimum absolute atomic E-state index is 0.512. The molecule has 25 heavy (non-hydrogen) atoms. The van der Waals surface area contributed by atoms with E-state index in [-0.39, 0.29) is 0 Å². The van der Waals surface area contributed by atoms with E-state index in [0.717, 1.165) is 23.1 Å². The van der Waals surface area contributed by atoms with Crippen molar-refractivity contribution in [2.24, 2.45) is 0 Å². The van der Waals surface area contributed by atoms with Crippen molar-refractivity contribution < 1.29 is 4.42 Å². The van der Waals surface area contributed by atoms with Gasteiger partial charge in [-0.3, -0.25) is 10.00 Å². The Morgan fingerprint density at radius 2 is 2.00 bits per heavy atom. The van der Waals surface area contributed by atoms with E-state index in [0.29, 0.717) is 17.3 Å². The van der Waals surface area contributed by atoms with Crippen molar-refractivity contribution in [1.29, 1.82) is 0 Å². The number of H-pyrrole nitrogens is 1. The summed E-state index contributed by atoms with van der Waals surface area (Å²) >= 11 is 11.2. The monoisotopic (exact) mass is 374 g/mol. The lowest BCUT2D eigenvalue weighted by atomic mass is 10.2. The second kappa shape index (κ2) is 7.82. The van der Waals surface area contributed by atoms with E-state index in [1.54, 1.807) is 0 Å². The number of rotatable bonds is 6. The van der Waals surface area contributed by atoms with Crippen LogP contribution in [0.15, 0.2) is 40.8 Å². The molecule has 0 aliphatic heterocycles. The van der Waals surface area contributed by atoms with Crippen molar-refractivity contribution in [3.63, 3.8) is 0 Å². The van der Waals surface area contributed by atoms with Gasteiger partial charge in [-0.15, -0.1) is 0 Å². The molecule has 0 radical (unpaired) electrons. The Morgan fingerprint density at radius 3 is 2.68 bits per heavy atom. The Labute approximate surface area is 156 Å². The Hall–Kier alpha value is -2.15. The predicted octanol–water partition coefficient (Wildman–Crippen LogP) is 4.76. The normalized spacial score (nSPS) is 11.7. The van der Waals surface area contributed by atoms with Gasteiger partial charge < -0.3 is 4.42 Å². The molecule has 0 aliphatic rings. The van der Waals surface area contributed by atoms with E-state index < -0.39 is 0 Å². The van der Waals surface area contributed by atoms with Crippen molar-refractivity contribution >= 4 is 36.0 Å². The van der Waals surface area contributed by atoms with Gasteiger partial charge in [0.15, 0.2) is 0 Å². The third-order valence-corrected chi connectivity index (χ3v) is 4.18. The van der Waals surface area contributed by atoms with Crippen molar-refractivity contribution in [3.8, 4) is 0 Å². The highest BCUT2D eigenvalue weighted by atomic mass is 35.5. The first-order chi connectivity index (χ1) is 12.0. The molecular weight excluding hydrogens is 356 g/mol. The summed E-state index contributed by atoms with van der Waals surface area (Å²) in [6, 6.07) is 11.7. The van der Waals surface area contributed by atoms with Crippen LogP contribution in [0.25, 0.3) is 12.2 Å². The summed E-state index contributed by atoms with van der Waals surface area (Å²) in [5, 5.41) is 3.94. The van der Waals surface area contributed by atoms with Crippen LogP contribution in [0.5, 0.6) is 0 Å². The van der Waals surface area contributed by atoms with Gasteiger partial charge in [-0.25, -0.2) is 4.68 Å². The van der Waals surface area contributed by atoms with Gasteiger partial charge in [0, 0.05) is 11.6 Å². The molecule has 0 atom stereocenters. The maximum absolute atomic E-state index is 5.92. The van der Waals surface area contributed by atoms with E-state index >= 15 is 0 Å². The molecule has 3 rings (SSSR count). The van der Waals surface area contributed by atoms with Crippen molar-refractivity contribution in [2.45, 2.75) is 20.1 Å². The first-order valence-electron chi connectivity index (χ1n) is 7.84. The van der Waals surface area contributed by atoms with E-state index in [4.69, 9.17) is 28.2 Å². The number of benzene rings is 1. The third kappa shape index (κ3) is 4.92. The fourth-order valence-corrected chi connectivity index (χ4v) is 2.77. The van der Waals surface area contributed by atoms with Gasteiger partial charge >= 0.3 is 0 Å². The van der Waals surface area contributed by atoms with Crippen LogP contribution in [-0.2, 0) is 13.2 Å². The standard InChI is InChI=1S/C18H19ClN4OS/c1-13-3-8-16(24-13)9-10-17-20-18(25)23(21-17)12-22(2)11-14-4-6-15(19)7-5-14/h3-10H,11-12H2,1-2H3,(H,20,21,25)/b10-9+. The van der Waals surface area contributed by atoms with Crippen LogP contribution in [0.2, 0.25) is 5.02 Å². The molecule has 3 aromatic rings. The van der Waals surface area contributed by atoms with Gasteiger partial charge in [0.05, 0.1) is 6.67 Å². The molecule has 1 aromatic carbocycles. The molecule has 0 spiro atoms. The highest BCUT2D eigenvalue weighted by Crippen LogP contribution is 2.12. The molecule has 0 amide bonds. The van der Waals surface area contributed by atoms with Gasteiger partial charge in [-0.05, 0) is 68.2 Å². The molecule has 7 heteroatoms. The average Bonchev–Trinajstić information content (AvgIpc) is 3.14. The largest absolute Gasteiger partial charge is 0.462 e. The Morgan fingerprint density at radius 1 is 1.24 bits per heavy atom. The SMILES string of the molecule is Cc1ccc(/C=C/c2nc(=S)n(CN(C)Cc3ccc(Cl)cc3)[nH]2)o1. The molecule has 0 bridgehead atoms. The Kier molecular flexibility index (Phi) is 5.53. The number of aromatic amines is 1. The summed E-state index contributed by atoms with van der Waals surface area (Å²) < 4.78 is 7.85. The summed E-state index contributed by atoms with van der Waals surface area (Å²) in [6.45, 7) is 3.31. The fourth-order valence-electron chi connectivity index (χ4n) is 2.44. The quantitative estimate of drug-likeness (QED) is 0.632. The van der Waals surface area contributed by atoms with Crippen LogP contribution in [0, 0.1) is 11.7 Å². The lowest BCUT2D eigenvalue weighted by Gasteiger charge is -2.16. The van der Waals surface area contributed by atoms with Gasteiger partial charge in [-0.1, -0.05) is 23.7 Å². The molecule has 0 fully saturated rings. The second-order valence-corrected chi connectivity index (χ2v) is 6.68. The minimum Gasteiger partial charge on any atom is -0.462 e. The lowest BCUT2D eigenvalue weighted by molar-refractivity contribution is 0.244. The molecule has 5 nitrogen and oxygen atoms in total. The van der Waals surface area contributed by atoms with Crippen LogP contribution < -0.4 is 0 Å². The smallest absolute Gasteiger partial charge is 0.217 e. The summed E-state index contributed by atoms with van der Waals surface area (Å²) in [5.41, 5.74) is 1.19. The zero-order valence-electron chi connectivity index (χ0n) is 14.1. The Balaban J connectivity index is 1.64. The third-order valence-electron chi connectivity index (χ3n) is 3.61. The molecule has 0 aliphatic carbocycles. The number of nitrogens with one attached hydrogen (secondary N) is 1. The van der Waals surface area contributed by atoms with Gasteiger partial charge in [0.25, 0.3) is 0 Å². The summed E-state index contributed by atoms with van der Waals surface area (Å²) in [6.07, 6.45) is 3.71. The number of hydrogen-bond acceptors (Lipinski definition) is 4. The fraction of sp³-hybridized carbons (Fsp3) is 0.222. The number of aromatic nitrogens is 3. The van der Waals surface area contributed by atoms with Crippen LogP contribution in [0.4, 0.5) is 0 Å². The topological polar surface area (TPSA) is 50.0 Å². The predicted molar refractivity (Wildman–Crippen MR) is 103 cm³/mol. The first kappa shape index (κ1) is 17.7. The Bertz CT molecular complexity index is 923. The van der Waals surface area contributed by atoms with Gasteiger partial charge in [-0.2, -0.15) is 4.98 Å². The zero-order valence-corrected chi connectivity index (χ0v) is 15.6. The molecule has 1 N–H and O–H groups in total. The molecule has 0 unspecified atom stereocenters. The first-order valence-corrected chi connectivity index (χ1v) is 8.62. The summed E-state index contributed by atoms with van der Waals surface area (Å²) in [4.78, 5) is 6.49. The average molecular weight is 375 g/mol. The highest BCUT2D eigenvalue weighted by molar-refractivity contribution is 7.71. The van der Waals surface area contributed by atoms with E-state index in [1.807, 2.05) is 67.2 Å². The van der Waals surface area contributed by atoms with Crippen molar-refractivity contribution in [2.75, 3.05) is 7.05 Å². The minimum atomic E-state index is 0.512. The van der Waals surface area contributed by atoms with Gasteiger partial charge in [0.1, 0.15) is 17.3 Å². The molecule has 2 aromatic heterocycles. The molecule has 2 heterocycles. The van der Waals surface area contributed by atoms with Crippen LogP contribution >= 0.6 is 23.8 Å². The number of hydrogen-bond donors (Lipinski definition) is 1. The second-order valence-electron chi connectivity index (χ2n) is 5.88. The van der Waals surface area contributed by atoms with Crippen LogP contribution in [-0.4, -0.2) is 26.7 Å².